The number of hydrogen-bond acceptors (Lipinski definition) is 2. The molecule has 1 aromatic rings. The quantitative estimate of drug-likeness (QED) is 0.130. The third-order valence-corrected chi connectivity index (χ3v) is 6.52. The average molecular weight is 433 g/mol. The molecule has 0 saturated heterocycles. The lowest BCUT2D eigenvalue weighted by Crippen LogP contribution is -2.19. The highest BCUT2D eigenvalue weighted by Crippen LogP contribution is 2.32. The maximum atomic E-state index is 11.7. The van der Waals surface area contributed by atoms with E-state index in [4.69, 9.17) is 0 Å². The molecular formula is C27H44O2S. The predicted molar refractivity (Wildman–Crippen MR) is 133 cm³/mol. The fraction of sp³-hybridized carbons (Fsp3) is 0.667. The van der Waals surface area contributed by atoms with Crippen LogP contribution in [0, 0.1) is 5.92 Å². The van der Waals surface area contributed by atoms with Crippen LogP contribution >= 0.6 is 12.6 Å². The minimum atomic E-state index is -0.730. The highest BCUT2D eigenvalue weighted by atomic mass is 32.1. The second-order valence-corrected chi connectivity index (χ2v) is 9.08. The van der Waals surface area contributed by atoms with Gasteiger partial charge in [-0.1, -0.05) is 114 Å². The van der Waals surface area contributed by atoms with Crippen molar-refractivity contribution in [1.82, 2.24) is 0 Å². The number of benzene rings is 1. The van der Waals surface area contributed by atoms with Gasteiger partial charge in [-0.3, -0.25) is 4.79 Å². The lowest BCUT2D eigenvalue weighted by molar-refractivity contribution is -0.142. The summed E-state index contributed by atoms with van der Waals surface area (Å²) in [5, 5.41) is 9.35. The van der Waals surface area contributed by atoms with Gasteiger partial charge >= 0.3 is 5.97 Å². The van der Waals surface area contributed by atoms with E-state index in [1.165, 1.54) is 77.0 Å². The topological polar surface area (TPSA) is 37.3 Å². The van der Waals surface area contributed by atoms with Crippen LogP contribution in [0.2, 0.25) is 0 Å². The SMILES string of the molecule is CCCCCCCCC=CCCCCCCCCC(C(=O)O)C(S)c1ccccc1. The minimum absolute atomic E-state index is 0.230. The van der Waals surface area contributed by atoms with Gasteiger partial charge in [0.05, 0.1) is 5.92 Å². The molecule has 0 fully saturated rings. The van der Waals surface area contributed by atoms with Crippen LogP contribution in [0.25, 0.3) is 0 Å². The van der Waals surface area contributed by atoms with Crippen LogP contribution in [-0.2, 0) is 4.79 Å². The fourth-order valence-corrected chi connectivity index (χ4v) is 4.36. The predicted octanol–water partition coefficient (Wildman–Crippen LogP) is 8.79. The van der Waals surface area contributed by atoms with Crippen LogP contribution in [-0.4, -0.2) is 11.1 Å². The van der Waals surface area contributed by atoms with Crippen LogP contribution in [0.5, 0.6) is 0 Å². The van der Waals surface area contributed by atoms with Crippen LogP contribution in [0.3, 0.4) is 0 Å². The molecule has 170 valence electrons. The van der Waals surface area contributed by atoms with Crippen LogP contribution in [0.15, 0.2) is 42.5 Å². The van der Waals surface area contributed by atoms with E-state index in [9.17, 15) is 9.90 Å². The molecule has 2 nitrogen and oxygen atoms in total. The zero-order valence-corrected chi connectivity index (χ0v) is 20.0. The van der Waals surface area contributed by atoms with Crippen LogP contribution < -0.4 is 0 Å². The number of rotatable bonds is 19. The van der Waals surface area contributed by atoms with Crippen molar-refractivity contribution < 1.29 is 9.90 Å². The van der Waals surface area contributed by atoms with Crippen molar-refractivity contribution in [2.45, 2.75) is 108 Å². The Morgan fingerprint density at radius 3 is 1.87 bits per heavy atom. The van der Waals surface area contributed by atoms with Gasteiger partial charge in [-0.2, -0.15) is 12.6 Å². The van der Waals surface area contributed by atoms with E-state index in [0.29, 0.717) is 6.42 Å². The number of carboxylic acids is 1. The Labute approximate surface area is 191 Å². The Bertz CT molecular complexity index is 555. The molecule has 0 bridgehead atoms. The lowest BCUT2D eigenvalue weighted by atomic mass is 9.93. The molecule has 0 aliphatic carbocycles. The zero-order valence-electron chi connectivity index (χ0n) is 19.1. The van der Waals surface area contributed by atoms with Gasteiger partial charge in [0.2, 0.25) is 0 Å². The van der Waals surface area contributed by atoms with E-state index in [1.807, 2.05) is 30.3 Å². The molecule has 1 N–H and O–H groups in total. The molecule has 3 heteroatoms. The molecule has 1 aromatic carbocycles. The number of unbranched alkanes of at least 4 members (excludes halogenated alkanes) is 12. The molecule has 30 heavy (non-hydrogen) atoms. The van der Waals surface area contributed by atoms with Gasteiger partial charge in [-0.15, -0.1) is 0 Å². The molecule has 0 spiro atoms. The lowest BCUT2D eigenvalue weighted by Gasteiger charge is -2.19. The summed E-state index contributed by atoms with van der Waals surface area (Å²) in [5.41, 5.74) is 0.998. The van der Waals surface area contributed by atoms with Gasteiger partial charge in [-0.25, -0.2) is 0 Å². The van der Waals surface area contributed by atoms with E-state index >= 15 is 0 Å². The number of carboxylic acid groups (broad SMARTS) is 1. The van der Waals surface area contributed by atoms with Crippen molar-refractivity contribution in [2.75, 3.05) is 0 Å². The summed E-state index contributed by atoms with van der Waals surface area (Å²) in [7, 11) is 0. The Morgan fingerprint density at radius 2 is 1.33 bits per heavy atom. The molecular weight excluding hydrogens is 388 g/mol. The Kier molecular flexibility index (Phi) is 16.6. The summed E-state index contributed by atoms with van der Waals surface area (Å²) in [6.07, 6.45) is 23.2. The largest absolute Gasteiger partial charge is 0.481 e. The summed E-state index contributed by atoms with van der Waals surface area (Å²) in [4.78, 5) is 11.7. The molecule has 0 aliphatic rings. The van der Waals surface area contributed by atoms with Crippen molar-refractivity contribution in [1.29, 1.82) is 0 Å². The molecule has 0 radical (unpaired) electrons. The maximum absolute atomic E-state index is 11.7. The van der Waals surface area contributed by atoms with E-state index in [0.717, 1.165) is 18.4 Å². The van der Waals surface area contributed by atoms with Crippen LogP contribution in [0.4, 0.5) is 0 Å². The van der Waals surface area contributed by atoms with E-state index in [-0.39, 0.29) is 5.25 Å². The second kappa shape index (κ2) is 18.5. The standard InChI is InChI=1S/C27H44O2S/c1-2-3-4-5-6-7-8-9-10-11-12-13-14-15-16-20-23-25(27(28)29)26(30)24-21-18-17-19-22-24/h9-10,17-19,21-22,25-26,30H,2-8,11-16,20,23H2,1H3,(H,28,29). The molecule has 0 heterocycles. The van der Waals surface area contributed by atoms with Crippen molar-refractivity contribution in [3.8, 4) is 0 Å². The monoisotopic (exact) mass is 432 g/mol. The molecule has 0 saturated carbocycles. The first-order valence-electron chi connectivity index (χ1n) is 12.3. The smallest absolute Gasteiger partial charge is 0.307 e. The number of aliphatic carboxylic acids is 1. The molecule has 0 aliphatic heterocycles. The number of thiol groups is 1. The third-order valence-electron chi connectivity index (χ3n) is 5.87. The van der Waals surface area contributed by atoms with Gasteiger partial charge in [-0.05, 0) is 37.7 Å². The normalized spacial score (nSPS) is 13.5. The van der Waals surface area contributed by atoms with Crippen LogP contribution in [0.1, 0.15) is 114 Å². The molecule has 0 aromatic heterocycles. The first kappa shape index (κ1) is 26.8. The average Bonchev–Trinajstić information content (AvgIpc) is 2.76. The van der Waals surface area contributed by atoms with Crippen molar-refractivity contribution in [2.24, 2.45) is 5.92 Å². The molecule has 1 rings (SSSR count). The summed E-state index contributed by atoms with van der Waals surface area (Å²) in [5.74, 6) is -1.14. The second-order valence-electron chi connectivity index (χ2n) is 8.53. The minimum Gasteiger partial charge on any atom is -0.481 e. The Balaban J connectivity index is 2.00. The molecule has 2 atom stereocenters. The summed E-state index contributed by atoms with van der Waals surface area (Å²) >= 11 is 4.60. The highest BCUT2D eigenvalue weighted by molar-refractivity contribution is 7.80. The fourth-order valence-electron chi connectivity index (χ4n) is 3.91. The summed E-state index contributed by atoms with van der Waals surface area (Å²) in [6, 6.07) is 9.78. The van der Waals surface area contributed by atoms with Gasteiger partial charge < -0.3 is 5.11 Å². The third kappa shape index (κ3) is 13.2. The number of carbonyl (C=O) groups is 1. The number of hydrogen-bond donors (Lipinski definition) is 2. The molecule has 0 amide bonds. The van der Waals surface area contributed by atoms with E-state index in [1.54, 1.807) is 0 Å². The summed E-state index contributed by atoms with van der Waals surface area (Å²) in [6.45, 7) is 2.27. The number of allylic oxidation sites excluding steroid dienone is 2. The van der Waals surface area contributed by atoms with E-state index in [2.05, 4.69) is 31.7 Å². The van der Waals surface area contributed by atoms with Gasteiger partial charge in [0, 0.05) is 5.25 Å². The zero-order chi connectivity index (χ0) is 21.9. The van der Waals surface area contributed by atoms with Crippen molar-refractivity contribution in [3.63, 3.8) is 0 Å². The first-order valence-corrected chi connectivity index (χ1v) is 12.8. The molecule has 2 unspecified atom stereocenters. The van der Waals surface area contributed by atoms with Gasteiger partial charge in [0.25, 0.3) is 0 Å². The van der Waals surface area contributed by atoms with Gasteiger partial charge in [0.15, 0.2) is 0 Å². The first-order chi connectivity index (χ1) is 14.7. The summed E-state index contributed by atoms with van der Waals surface area (Å²) < 4.78 is 0. The Morgan fingerprint density at radius 1 is 0.833 bits per heavy atom. The van der Waals surface area contributed by atoms with E-state index < -0.39 is 11.9 Å². The van der Waals surface area contributed by atoms with Gasteiger partial charge in [0.1, 0.15) is 0 Å². The maximum Gasteiger partial charge on any atom is 0.307 e. The Hall–Kier alpha value is -1.22. The van der Waals surface area contributed by atoms with Crippen molar-refractivity contribution >= 4 is 18.6 Å². The highest BCUT2D eigenvalue weighted by Gasteiger charge is 2.26. The van der Waals surface area contributed by atoms with Crippen molar-refractivity contribution in [3.05, 3.63) is 48.0 Å².